The average Bonchev–Trinajstić information content (AvgIpc) is 2.85. The molecule has 1 amide bonds. The van der Waals surface area contributed by atoms with Gasteiger partial charge in [-0.1, -0.05) is 13.3 Å². The largest absolute Gasteiger partial charge is 0.480 e. The first-order valence-corrected chi connectivity index (χ1v) is 5.96. The number of carboxylic acids is 1. The van der Waals surface area contributed by atoms with Crippen LogP contribution in [0.15, 0.2) is 18.2 Å². The summed E-state index contributed by atoms with van der Waals surface area (Å²) in [6.45, 7) is 1.86. The molecule has 0 aliphatic rings. The predicted molar refractivity (Wildman–Crippen MR) is 67.7 cm³/mol. The third kappa shape index (κ3) is 2.87. The van der Waals surface area contributed by atoms with Crippen LogP contribution >= 0.6 is 0 Å². The van der Waals surface area contributed by atoms with E-state index in [-0.39, 0.29) is 0 Å². The molecule has 1 aromatic heterocycles. The van der Waals surface area contributed by atoms with Gasteiger partial charge in [0.15, 0.2) is 0 Å². The average molecular weight is 262 g/mol. The van der Waals surface area contributed by atoms with Crippen molar-refractivity contribution in [2.75, 3.05) is 0 Å². The molecule has 2 rings (SSSR count). The van der Waals surface area contributed by atoms with Crippen molar-refractivity contribution in [1.82, 2.24) is 20.7 Å². The Hall–Kier alpha value is -2.44. The van der Waals surface area contributed by atoms with Gasteiger partial charge in [0.2, 0.25) is 0 Å². The highest BCUT2D eigenvalue weighted by atomic mass is 16.4. The van der Waals surface area contributed by atoms with Gasteiger partial charge in [0.05, 0.1) is 0 Å². The van der Waals surface area contributed by atoms with Crippen molar-refractivity contribution in [3.8, 4) is 0 Å². The zero-order valence-electron chi connectivity index (χ0n) is 10.4. The molecule has 19 heavy (non-hydrogen) atoms. The zero-order chi connectivity index (χ0) is 13.8. The highest BCUT2D eigenvalue weighted by Gasteiger charge is 2.19. The number of carbonyl (C=O) groups excluding carboxylic acids is 1. The zero-order valence-corrected chi connectivity index (χ0v) is 10.4. The quantitative estimate of drug-likeness (QED) is 0.743. The molecule has 0 saturated carbocycles. The van der Waals surface area contributed by atoms with Crippen molar-refractivity contribution in [3.05, 3.63) is 23.8 Å². The molecule has 0 aliphatic carbocycles. The Bertz CT molecular complexity index is 608. The molecule has 0 unspecified atom stereocenters. The summed E-state index contributed by atoms with van der Waals surface area (Å²) >= 11 is 0. The minimum absolute atomic E-state index is 0.365. The molecule has 0 spiro atoms. The third-order valence-electron chi connectivity index (χ3n) is 2.76. The summed E-state index contributed by atoms with van der Waals surface area (Å²) in [6, 6.07) is 3.94. The van der Waals surface area contributed by atoms with E-state index in [0.717, 1.165) is 0 Å². The smallest absolute Gasteiger partial charge is 0.326 e. The number of aromatic nitrogens is 3. The third-order valence-corrected chi connectivity index (χ3v) is 2.76. The Labute approximate surface area is 109 Å². The summed E-state index contributed by atoms with van der Waals surface area (Å²) < 4.78 is 0. The van der Waals surface area contributed by atoms with Crippen LogP contribution in [-0.4, -0.2) is 38.4 Å². The van der Waals surface area contributed by atoms with Gasteiger partial charge in [-0.05, 0) is 24.6 Å². The van der Waals surface area contributed by atoms with Crippen molar-refractivity contribution in [1.29, 1.82) is 0 Å². The summed E-state index contributed by atoms with van der Waals surface area (Å²) in [4.78, 5) is 23.0. The van der Waals surface area contributed by atoms with Gasteiger partial charge in [0, 0.05) is 5.56 Å². The van der Waals surface area contributed by atoms with Crippen molar-refractivity contribution in [3.63, 3.8) is 0 Å². The molecule has 0 saturated heterocycles. The molecule has 0 radical (unpaired) electrons. The maximum absolute atomic E-state index is 12.0. The molecule has 0 bridgehead atoms. The van der Waals surface area contributed by atoms with Gasteiger partial charge in [-0.15, -0.1) is 0 Å². The van der Waals surface area contributed by atoms with E-state index < -0.39 is 17.9 Å². The van der Waals surface area contributed by atoms with E-state index in [0.29, 0.717) is 29.4 Å². The molecule has 100 valence electrons. The highest BCUT2D eigenvalue weighted by molar-refractivity contribution is 5.98. The molecular weight excluding hydrogens is 248 g/mol. The summed E-state index contributed by atoms with van der Waals surface area (Å²) in [5.74, 6) is -1.46. The second kappa shape index (κ2) is 5.47. The fraction of sp³-hybridized carbons (Fsp3) is 0.333. The normalized spacial score (nSPS) is 12.3. The Kier molecular flexibility index (Phi) is 3.74. The first-order chi connectivity index (χ1) is 9.11. The summed E-state index contributed by atoms with van der Waals surface area (Å²) in [5, 5.41) is 21.7. The van der Waals surface area contributed by atoms with E-state index in [2.05, 4.69) is 20.7 Å². The second-order valence-corrected chi connectivity index (χ2v) is 4.18. The number of amides is 1. The van der Waals surface area contributed by atoms with Crippen LogP contribution in [-0.2, 0) is 4.79 Å². The number of carboxylic acid groups (broad SMARTS) is 1. The first kappa shape index (κ1) is 13.0. The van der Waals surface area contributed by atoms with Gasteiger partial charge in [0.1, 0.15) is 17.1 Å². The number of fused-ring (bicyclic) bond motifs is 1. The Balaban J connectivity index is 2.16. The number of aliphatic carboxylic acids is 1. The van der Waals surface area contributed by atoms with Gasteiger partial charge in [0.25, 0.3) is 5.91 Å². The minimum Gasteiger partial charge on any atom is -0.480 e. The molecular formula is C12H14N4O3. The number of hydrogen-bond acceptors (Lipinski definition) is 4. The van der Waals surface area contributed by atoms with Gasteiger partial charge in [-0.25, -0.2) is 4.79 Å². The summed E-state index contributed by atoms with van der Waals surface area (Å²) in [7, 11) is 0. The maximum Gasteiger partial charge on any atom is 0.326 e. The number of aromatic amines is 1. The van der Waals surface area contributed by atoms with Crippen LogP contribution in [0.25, 0.3) is 11.0 Å². The standard InChI is InChI=1S/C12H14N4O3/c1-2-3-9(12(18)19)13-11(17)7-4-5-8-10(6-7)15-16-14-8/h4-6,9H,2-3H2,1H3,(H,13,17)(H,18,19)(H,14,15,16)/t9-/m0/s1. The van der Waals surface area contributed by atoms with Crippen LogP contribution in [0.3, 0.4) is 0 Å². The number of hydrogen-bond donors (Lipinski definition) is 3. The van der Waals surface area contributed by atoms with Crippen LogP contribution in [0.5, 0.6) is 0 Å². The lowest BCUT2D eigenvalue weighted by molar-refractivity contribution is -0.139. The van der Waals surface area contributed by atoms with Gasteiger partial charge >= 0.3 is 5.97 Å². The minimum atomic E-state index is -1.03. The van der Waals surface area contributed by atoms with E-state index in [9.17, 15) is 9.59 Å². The fourth-order valence-corrected chi connectivity index (χ4v) is 1.77. The van der Waals surface area contributed by atoms with Crippen LogP contribution in [0.4, 0.5) is 0 Å². The Morgan fingerprint density at radius 2 is 2.11 bits per heavy atom. The number of nitrogens with zero attached hydrogens (tertiary/aromatic N) is 2. The predicted octanol–water partition coefficient (Wildman–Crippen LogP) is 0.941. The number of rotatable bonds is 5. The molecule has 1 heterocycles. The van der Waals surface area contributed by atoms with E-state index in [4.69, 9.17) is 5.11 Å². The summed E-state index contributed by atoms with van der Waals surface area (Å²) in [5.41, 5.74) is 1.58. The molecule has 0 fully saturated rings. The van der Waals surface area contributed by atoms with E-state index in [1.165, 1.54) is 0 Å². The van der Waals surface area contributed by atoms with Crippen LogP contribution < -0.4 is 5.32 Å². The molecule has 0 aliphatic heterocycles. The molecule has 7 nitrogen and oxygen atoms in total. The van der Waals surface area contributed by atoms with Crippen molar-refractivity contribution in [2.24, 2.45) is 0 Å². The Morgan fingerprint density at radius 3 is 2.79 bits per heavy atom. The van der Waals surface area contributed by atoms with Crippen LogP contribution in [0.2, 0.25) is 0 Å². The number of H-pyrrole nitrogens is 1. The maximum atomic E-state index is 12.0. The van der Waals surface area contributed by atoms with Crippen molar-refractivity contribution >= 4 is 22.9 Å². The molecule has 1 atom stereocenters. The van der Waals surface area contributed by atoms with Crippen molar-refractivity contribution in [2.45, 2.75) is 25.8 Å². The molecule has 7 heteroatoms. The van der Waals surface area contributed by atoms with Gasteiger partial charge in [-0.2, -0.15) is 15.4 Å². The van der Waals surface area contributed by atoms with E-state index in [1.807, 2.05) is 6.92 Å². The molecule has 3 N–H and O–H groups in total. The number of benzene rings is 1. The van der Waals surface area contributed by atoms with Gasteiger partial charge in [-0.3, -0.25) is 4.79 Å². The van der Waals surface area contributed by atoms with Crippen LogP contribution in [0, 0.1) is 0 Å². The summed E-state index contributed by atoms with van der Waals surface area (Å²) in [6.07, 6.45) is 1.08. The first-order valence-electron chi connectivity index (χ1n) is 5.96. The van der Waals surface area contributed by atoms with E-state index in [1.54, 1.807) is 18.2 Å². The SMILES string of the molecule is CCC[C@H](NC(=O)c1ccc2n[nH]nc2c1)C(=O)O. The molecule has 1 aromatic carbocycles. The Morgan fingerprint density at radius 1 is 1.37 bits per heavy atom. The lowest BCUT2D eigenvalue weighted by atomic mass is 10.1. The molecule has 2 aromatic rings. The highest BCUT2D eigenvalue weighted by Crippen LogP contribution is 2.11. The second-order valence-electron chi connectivity index (χ2n) is 4.18. The fourth-order valence-electron chi connectivity index (χ4n) is 1.77. The van der Waals surface area contributed by atoms with Gasteiger partial charge < -0.3 is 10.4 Å². The van der Waals surface area contributed by atoms with Crippen LogP contribution in [0.1, 0.15) is 30.1 Å². The number of nitrogens with one attached hydrogen (secondary N) is 2. The van der Waals surface area contributed by atoms with E-state index >= 15 is 0 Å². The lowest BCUT2D eigenvalue weighted by Crippen LogP contribution is -2.40. The topological polar surface area (TPSA) is 108 Å². The van der Waals surface area contributed by atoms with Crippen molar-refractivity contribution < 1.29 is 14.7 Å². The lowest BCUT2D eigenvalue weighted by Gasteiger charge is -2.13. The monoisotopic (exact) mass is 262 g/mol. The number of carbonyl (C=O) groups is 2.